The van der Waals surface area contributed by atoms with Crippen molar-refractivity contribution >= 4 is 15.5 Å². The van der Waals surface area contributed by atoms with Crippen LogP contribution in [0.1, 0.15) is 24.8 Å². The molecule has 2 unspecified atom stereocenters. The first-order valence-corrected chi connectivity index (χ1v) is 8.78. The number of nitrogens with zero attached hydrogens (tertiary/aromatic N) is 1. The summed E-state index contributed by atoms with van der Waals surface area (Å²) in [5.74, 6) is 0.260. The maximum atomic E-state index is 12.2. The number of nitrogens with one attached hydrogen (secondary N) is 1. The fraction of sp³-hybridized carbons (Fsp3) is 0.571. The molecule has 0 radical (unpaired) electrons. The number of rotatable bonds is 5. The summed E-state index contributed by atoms with van der Waals surface area (Å²) in [5.41, 5.74) is 0.950. The number of hydrogen-bond donors (Lipinski definition) is 1. The SMILES string of the molecule is CNC(Cc1ccc([N+](=O)[O-])cc1)C1CCCCS1(=O)=O. The van der Waals surface area contributed by atoms with E-state index in [1.807, 2.05) is 0 Å². The molecule has 1 N–H and O–H groups in total. The van der Waals surface area contributed by atoms with Gasteiger partial charge in [0, 0.05) is 18.2 Å². The maximum absolute atomic E-state index is 12.2. The zero-order chi connectivity index (χ0) is 15.5. The van der Waals surface area contributed by atoms with Gasteiger partial charge in [0.15, 0.2) is 9.84 Å². The van der Waals surface area contributed by atoms with Crippen LogP contribution in [0.3, 0.4) is 0 Å². The molecule has 116 valence electrons. The molecule has 0 aromatic heterocycles. The normalized spacial score (nSPS) is 22.6. The highest BCUT2D eigenvalue weighted by Crippen LogP contribution is 2.24. The lowest BCUT2D eigenvalue weighted by atomic mass is 9.99. The lowest BCUT2D eigenvalue weighted by Crippen LogP contribution is -2.46. The Balaban J connectivity index is 2.13. The van der Waals surface area contributed by atoms with Crippen LogP contribution in [0, 0.1) is 10.1 Å². The minimum Gasteiger partial charge on any atom is -0.315 e. The lowest BCUT2D eigenvalue weighted by Gasteiger charge is -2.30. The molecule has 7 heteroatoms. The predicted octanol–water partition coefficient (Wildman–Crippen LogP) is 1.69. The first-order chi connectivity index (χ1) is 9.94. The molecule has 1 aromatic rings. The van der Waals surface area contributed by atoms with Crippen LogP contribution in [0.4, 0.5) is 5.69 Å². The van der Waals surface area contributed by atoms with E-state index in [-0.39, 0.29) is 22.7 Å². The average molecular weight is 312 g/mol. The van der Waals surface area contributed by atoms with Gasteiger partial charge in [0.25, 0.3) is 5.69 Å². The van der Waals surface area contributed by atoms with Gasteiger partial charge in [-0.2, -0.15) is 0 Å². The molecule has 1 saturated heterocycles. The van der Waals surface area contributed by atoms with Crippen molar-refractivity contribution in [3.8, 4) is 0 Å². The van der Waals surface area contributed by atoms with Crippen LogP contribution in [-0.2, 0) is 16.3 Å². The summed E-state index contributed by atoms with van der Waals surface area (Å²) in [5, 5.41) is 13.4. The Bertz CT molecular complexity index is 598. The van der Waals surface area contributed by atoms with E-state index < -0.39 is 14.8 Å². The van der Waals surface area contributed by atoms with Crippen molar-refractivity contribution in [1.29, 1.82) is 0 Å². The van der Waals surface area contributed by atoms with Crippen LogP contribution in [0.25, 0.3) is 0 Å². The van der Waals surface area contributed by atoms with Gasteiger partial charge in [-0.05, 0) is 31.9 Å². The van der Waals surface area contributed by atoms with Crippen LogP contribution >= 0.6 is 0 Å². The minimum absolute atomic E-state index is 0.0463. The second kappa shape index (κ2) is 6.53. The molecule has 0 spiro atoms. The Morgan fingerprint density at radius 2 is 2.00 bits per heavy atom. The van der Waals surface area contributed by atoms with E-state index in [1.165, 1.54) is 12.1 Å². The standard InChI is InChI=1S/C14H20N2O4S/c1-15-13(14-4-2-3-9-21(14,19)20)10-11-5-7-12(8-6-11)16(17)18/h5-8,13-15H,2-4,9-10H2,1H3. The highest BCUT2D eigenvalue weighted by Gasteiger charge is 2.34. The first-order valence-electron chi connectivity index (χ1n) is 7.06. The number of non-ortho nitro benzene ring substituents is 1. The Morgan fingerprint density at radius 1 is 1.33 bits per heavy atom. The topological polar surface area (TPSA) is 89.3 Å². The number of hydrogen-bond acceptors (Lipinski definition) is 5. The molecule has 0 bridgehead atoms. The van der Waals surface area contributed by atoms with E-state index in [9.17, 15) is 18.5 Å². The monoisotopic (exact) mass is 312 g/mol. The molecule has 2 atom stereocenters. The fourth-order valence-electron chi connectivity index (χ4n) is 2.86. The third-order valence-corrected chi connectivity index (χ3v) is 6.40. The molecule has 1 fully saturated rings. The second-order valence-corrected chi connectivity index (χ2v) is 7.76. The quantitative estimate of drug-likeness (QED) is 0.660. The van der Waals surface area contributed by atoms with Crippen LogP contribution < -0.4 is 5.32 Å². The maximum Gasteiger partial charge on any atom is 0.269 e. The Labute approximate surface area is 124 Å². The summed E-state index contributed by atoms with van der Waals surface area (Å²) in [7, 11) is -1.28. The fourth-order valence-corrected chi connectivity index (χ4v) is 5.03. The van der Waals surface area contributed by atoms with Crippen LogP contribution in [-0.4, -0.2) is 37.4 Å². The van der Waals surface area contributed by atoms with E-state index in [4.69, 9.17) is 0 Å². The Kier molecular flexibility index (Phi) is 4.95. The zero-order valence-electron chi connectivity index (χ0n) is 12.0. The number of nitro groups is 1. The van der Waals surface area contributed by atoms with Crippen molar-refractivity contribution < 1.29 is 13.3 Å². The van der Waals surface area contributed by atoms with Gasteiger partial charge in [-0.1, -0.05) is 18.6 Å². The highest BCUT2D eigenvalue weighted by atomic mass is 32.2. The Hall–Kier alpha value is -1.47. The summed E-state index contributed by atoms with van der Waals surface area (Å²) >= 11 is 0. The smallest absolute Gasteiger partial charge is 0.269 e. The number of benzene rings is 1. The van der Waals surface area contributed by atoms with E-state index in [0.717, 1.165) is 18.4 Å². The highest BCUT2D eigenvalue weighted by molar-refractivity contribution is 7.92. The molecular formula is C14H20N2O4S. The van der Waals surface area contributed by atoms with Crippen molar-refractivity contribution in [1.82, 2.24) is 5.32 Å². The minimum atomic E-state index is -3.05. The zero-order valence-corrected chi connectivity index (χ0v) is 12.8. The van der Waals surface area contributed by atoms with Gasteiger partial charge in [-0.25, -0.2) is 8.42 Å². The third kappa shape index (κ3) is 3.79. The first kappa shape index (κ1) is 15.9. The second-order valence-electron chi connectivity index (χ2n) is 5.42. The van der Waals surface area contributed by atoms with E-state index in [0.29, 0.717) is 12.8 Å². The molecule has 1 aliphatic heterocycles. The molecule has 0 saturated carbocycles. The predicted molar refractivity (Wildman–Crippen MR) is 81.1 cm³/mol. The summed E-state index contributed by atoms with van der Waals surface area (Å²) < 4.78 is 24.4. The third-order valence-electron chi connectivity index (χ3n) is 4.05. The van der Waals surface area contributed by atoms with Gasteiger partial charge in [-0.15, -0.1) is 0 Å². The van der Waals surface area contributed by atoms with Gasteiger partial charge < -0.3 is 5.32 Å². The number of likely N-dealkylation sites (N-methyl/N-ethyl adjacent to an activating group) is 1. The Morgan fingerprint density at radius 3 is 2.52 bits per heavy atom. The van der Waals surface area contributed by atoms with Gasteiger partial charge in [-0.3, -0.25) is 10.1 Å². The van der Waals surface area contributed by atoms with Crippen molar-refractivity contribution in [3.63, 3.8) is 0 Å². The van der Waals surface area contributed by atoms with E-state index in [1.54, 1.807) is 19.2 Å². The van der Waals surface area contributed by atoms with Gasteiger partial charge in [0.1, 0.15) is 0 Å². The summed E-state index contributed by atoms with van der Waals surface area (Å²) in [4.78, 5) is 10.2. The summed E-state index contributed by atoms with van der Waals surface area (Å²) in [6, 6.07) is 6.14. The molecular weight excluding hydrogens is 292 g/mol. The van der Waals surface area contributed by atoms with Crippen LogP contribution in [0.15, 0.2) is 24.3 Å². The van der Waals surface area contributed by atoms with Crippen LogP contribution in [0.2, 0.25) is 0 Å². The number of nitro benzene ring substituents is 1. The van der Waals surface area contributed by atoms with E-state index >= 15 is 0 Å². The average Bonchev–Trinajstić information content (AvgIpc) is 2.45. The van der Waals surface area contributed by atoms with E-state index in [2.05, 4.69) is 5.32 Å². The molecule has 21 heavy (non-hydrogen) atoms. The van der Waals surface area contributed by atoms with Gasteiger partial charge >= 0.3 is 0 Å². The molecule has 2 rings (SSSR count). The molecule has 1 aromatic carbocycles. The van der Waals surface area contributed by atoms with Crippen molar-refractivity contribution in [2.75, 3.05) is 12.8 Å². The molecule has 1 heterocycles. The molecule has 6 nitrogen and oxygen atoms in total. The summed E-state index contributed by atoms with van der Waals surface area (Å²) in [6.07, 6.45) is 2.91. The molecule has 0 aliphatic carbocycles. The number of sulfone groups is 1. The van der Waals surface area contributed by atoms with Crippen LogP contribution in [0.5, 0.6) is 0 Å². The largest absolute Gasteiger partial charge is 0.315 e. The summed E-state index contributed by atoms with van der Waals surface area (Å²) in [6.45, 7) is 0. The van der Waals surface area contributed by atoms with Gasteiger partial charge in [0.2, 0.25) is 0 Å². The van der Waals surface area contributed by atoms with Crippen molar-refractivity contribution in [2.24, 2.45) is 0 Å². The lowest BCUT2D eigenvalue weighted by molar-refractivity contribution is -0.384. The molecule has 1 aliphatic rings. The van der Waals surface area contributed by atoms with Crippen molar-refractivity contribution in [2.45, 2.75) is 37.0 Å². The molecule has 0 amide bonds. The van der Waals surface area contributed by atoms with Gasteiger partial charge in [0.05, 0.1) is 15.9 Å². The van der Waals surface area contributed by atoms with Crippen molar-refractivity contribution in [3.05, 3.63) is 39.9 Å².